The fourth-order valence-electron chi connectivity index (χ4n) is 3.94. The third-order valence-electron chi connectivity index (χ3n) is 5.39. The molecule has 2 aliphatic rings. The number of imidazole rings is 1. The van der Waals surface area contributed by atoms with E-state index in [1.54, 1.807) is 17.3 Å². The summed E-state index contributed by atoms with van der Waals surface area (Å²) in [5.41, 5.74) is 2.46. The minimum atomic E-state index is 0.124. The molecule has 1 unspecified atom stereocenters. The van der Waals surface area contributed by atoms with Crippen LogP contribution in [-0.2, 0) is 4.79 Å². The molecule has 3 aromatic heterocycles. The van der Waals surface area contributed by atoms with E-state index >= 15 is 0 Å². The Morgan fingerprint density at radius 3 is 2.96 bits per heavy atom. The van der Waals surface area contributed by atoms with Crippen LogP contribution in [0.1, 0.15) is 25.7 Å². The average molecular weight is 377 g/mol. The van der Waals surface area contributed by atoms with Gasteiger partial charge in [-0.2, -0.15) is 0 Å². The molecule has 8 nitrogen and oxygen atoms in total. The normalized spacial score (nSPS) is 20.1. The molecule has 0 aliphatic carbocycles. The summed E-state index contributed by atoms with van der Waals surface area (Å²) >= 11 is 0. The number of carbonyl (C=O) groups excluding carboxylic acids is 1. The number of piperidine rings is 1. The molecule has 1 amide bonds. The Labute approximate surface area is 163 Å². The molecule has 5 rings (SSSR count). The summed E-state index contributed by atoms with van der Waals surface area (Å²) in [5, 5.41) is 6.94. The molecule has 2 saturated heterocycles. The average Bonchev–Trinajstić information content (AvgIpc) is 3.34. The number of hydrogen-bond donors (Lipinski definition) is 2. The van der Waals surface area contributed by atoms with Gasteiger partial charge in [-0.1, -0.05) is 6.07 Å². The Balaban J connectivity index is 1.47. The standard InChI is InChI=1S/C20H23N7O/c28-20-7-3-9-26(20)19-13-27-16(11-22-18(27)12-23-19)15-5-1-6-17(25-15)24-14-4-2-8-21-10-14/h1,5-6,11-14,21H,2-4,7-10H2,(H,24,25). The van der Waals surface area contributed by atoms with Gasteiger partial charge in [-0.25, -0.2) is 15.0 Å². The lowest BCUT2D eigenvalue weighted by atomic mass is 10.1. The van der Waals surface area contributed by atoms with Crippen LogP contribution < -0.4 is 15.5 Å². The van der Waals surface area contributed by atoms with Crippen LogP contribution >= 0.6 is 0 Å². The molecule has 144 valence electrons. The first kappa shape index (κ1) is 17.1. The number of nitrogens with one attached hydrogen (secondary N) is 2. The number of amides is 1. The van der Waals surface area contributed by atoms with E-state index in [2.05, 4.69) is 20.6 Å². The zero-order valence-corrected chi connectivity index (χ0v) is 15.6. The summed E-state index contributed by atoms with van der Waals surface area (Å²) in [6.07, 6.45) is 9.18. The summed E-state index contributed by atoms with van der Waals surface area (Å²) in [6.45, 7) is 2.76. The second-order valence-corrected chi connectivity index (χ2v) is 7.36. The summed E-state index contributed by atoms with van der Waals surface area (Å²) in [5.74, 6) is 1.65. The third kappa shape index (κ3) is 3.20. The van der Waals surface area contributed by atoms with Gasteiger partial charge in [0.15, 0.2) is 11.5 Å². The number of aromatic nitrogens is 4. The highest BCUT2D eigenvalue weighted by Gasteiger charge is 2.23. The lowest BCUT2D eigenvalue weighted by Crippen LogP contribution is -2.38. The minimum Gasteiger partial charge on any atom is -0.366 e. The van der Waals surface area contributed by atoms with Crippen molar-refractivity contribution in [1.82, 2.24) is 24.7 Å². The number of anilines is 2. The summed E-state index contributed by atoms with van der Waals surface area (Å²) < 4.78 is 1.96. The second-order valence-electron chi connectivity index (χ2n) is 7.36. The number of pyridine rings is 1. The topological polar surface area (TPSA) is 87.5 Å². The maximum Gasteiger partial charge on any atom is 0.228 e. The van der Waals surface area contributed by atoms with Gasteiger partial charge in [0.2, 0.25) is 5.91 Å². The van der Waals surface area contributed by atoms with Crippen LogP contribution in [0.15, 0.2) is 36.8 Å². The van der Waals surface area contributed by atoms with E-state index in [9.17, 15) is 4.79 Å². The Bertz CT molecular complexity index is 1010. The zero-order valence-electron chi connectivity index (χ0n) is 15.6. The molecule has 2 aliphatic heterocycles. The third-order valence-corrected chi connectivity index (χ3v) is 5.39. The van der Waals surface area contributed by atoms with E-state index < -0.39 is 0 Å². The Morgan fingerprint density at radius 2 is 2.14 bits per heavy atom. The largest absolute Gasteiger partial charge is 0.366 e. The van der Waals surface area contributed by atoms with Crippen LogP contribution in [0.25, 0.3) is 17.0 Å². The number of hydrogen-bond acceptors (Lipinski definition) is 6. The minimum absolute atomic E-state index is 0.124. The first-order chi connectivity index (χ1) is 13.8. The SMILES string of the molecule is O=C1CCCN1c1cn2c(-c3cccc(NC4CCCNC4)n3)cnc2cn1. The first-order valence-electron chi connectivity index (χ1n) is 9.86. The highest BCUT2D eigenvalue weighted by Crippen LogP contribution is 2.24. The van der Waals surface area contributed by atoms with Gasteiger partial charge in [0.25, 0.3) is 0 Å². The molecule has 0 spiro atoms. The van der Waals surface area contributed by atoms with Crippen molar-refractivity contribution in [3.05, 3.63) is 36.8 Å². The predicted molar refractivity (Wildman–Crippen MR) is 107 cm³/mol. The molecule has 2 fully saturated rings. The molecule has 1 atom stereocenters. The summed E-state index contributed by atoms with van der Waals surface area (Å²) in [6, 6.07) is 6.38. The van der Waals surface area contributed by atoms with Crippen LogP contribution in [-0.4, -0.2) is 50.9 Å². The zero-order chi connectivity index (χ0) is 18.9. The lowest BCUT2D eigenvalue weighted by Gasteiger charge is -2.24. The van der Waals surface area contributed by atoms with Crippen molar-refractivity contribution in [3.8, 4) is 11.4 Å². The smallest absolute Gasteiger partial charge is 0.228 e. The Morgan fingerprint density at radius 1 is 1.18 bits per heavy atom. The van der Waals surface area contributed by atoms with Gasteiger partial charge in [0, 0.05) is 25.6 Å². The fraction of sp³-hybridized carbons (Fsp3) is 0.400. The van der Waals surface area contributed by atoms with Crippen LogP contribution in [0.2, 0.25) is 0 Å². The van der Waals surface area contributed by atoms with Crippen LogP contribution in [0.4, 0.5) is 11.6 Å². The molecule has 28 heavy (non-hydrogen) atoms. The quantitative estimate of drug-likeness (QED) is 0.724. The number of fused-ring (bicyclic) bond motifs is 1. The van der Waals surface area contributed by atoms with Gasteiger partial charge in [0.1, 0.15) is 5.82 Å². The summed E-state index contributed by atoms with van der Waals surface area (Å²) in [4.78, 5) is 27.5. The molecule has 0 radical (unpaired) electrons. The highest BCUT2D eigenvalue weighted by molar-refractivity contribution is 5.94. The van der Waals surface area contributed by atoms with Crippen LogP contribution in [0.3, 0.4) is 0 Å². The first-order valence-corrected chi connectivity index (χ1v) is 9.86. The number of carbonyl (C=O) groups is 1. The number of rotatable bonds is 4. The maximum atomic E-state index is 12.1. The molecule has 8 heteroatoms. The van der Waals surface area contributed by atoms with E-state index in [0.717, 1.165) is 48.8 Å². The predicted octanol–water partition coefficient (Wildman–Crippen LogP) is 2.08. The Kier molecular flexibility index (Phi) is 4.40. The second kappa shape index (κ2) is 7.20. The van der Waals surface area contributed by atoms with E-state index in [4.69, 9.17) is 4.98 Å². The molecular formula is C20H23N7O. The van der Waals surface area contributed by atoms with Gasteiger partial charge in [0.05, 0.1) is 30.0 Å². The van der Waals surface area contributed by atoms with E-state index in [-0.39, 0.29) is 5.91 Å². The van der Waals surface area contributed by atoms with Crippen LogP contribution in [0.5, 0.6) is 0 Å². The van der Waals surface area contributed by atoms with E-state index in [1.165, 1.54) is 6.42 Å². The molecular weight excluding hydrogens is 354 g/mol. The van der Waals surface area contributed by atoms with Crippen molar-refractivity contribution in [2.75, 3.05) is 29.9 Å². The lowest BCUT2D eigenvalue weighted by molar-refractivity contribution is -0.117. The van der Waals surface area contributed by atoms with Gasteiger partial charge >= 0.3 is 0 Å². The molecule has 5 heterocycles. The fourth-order valence-corrected chi connectivity index (χ4v) is 3.94. The van der Waals surface area contributed by atoms with Gasteiger partial charge < -0.3 is 10.6 Å². The van der Waals surface area contributed by atoms with Crippen molar-refractivity contribution in [2.45, 2.75) is 31.7 Å². The molecule has 0 saturated carbocycles. The van der Waals surface area contributed by atoms with E-state index in [0.29, 0.717) is 24.8 Å². The molecule has 2 N–H and O–H groups in total. The highest BCUT2D eigenvalue weighted by atomic mass is 16.2. The van der Waals surface area contributed by atoms with Crippen molar-refractivity contribution in [1.29, 1.82) is 0 Å². The van der Waals surface area contributed by atoms with Gasteiger partial charge in [-0.05, 0) is 37.9 Å². The van der Waals surface area contributed by atoms with Crippen molar-refractivity contribution < 1.29 is 4.79 Å². The van der Waals surface area contributed by atoms with Crippen molar-refractivity contribution >= 4 is 23.2 Å². The monoisotopic (exact) mass is 377 g/mol. The van der Waals surface area contributed by atoms with Crippen LogP contribution in [0, 0.1) is 0 Å². The molecule has 3 aromatic rings. The molecule has 0 bridgehead atoms. The van der Waals surface area contributed by atoms with Crippen molar-refractivity contribution in [2.24, 2.45) is 0 Å². The summed E-state index contributed by atoms with van der Waals surface area (Å²) in [7, 11) is 0. The number of nitrogens with zero attached hydrogens (tertiary/aromatic N) is 5. The van der Waals surface area contributed by atoms with Gasteiger partial charge in [-0.15, -0.1) is 0 Å². The van der Waals surface area contributed by atoms with E-state index in [1.807, 2.05) is 28.8 Å². The Hall–Kier alpha value is -3.00. The van der Waals surface area contributed by atoms with Crippen molar-refractivity contribution in [3.63, 3.8) is 0 Å². The molecule has 0 aromatic carbocycles. The van der Waals surface area contributed by atoms with Gasteiger partial charge in [-0.3, -0.25) is 14.1 Å². The maximum absolute atomic E-state index is 12.1.